The number of hydrogen-bond acceptors (Lipinski definition) is 4. The first kappa shape index (κ1) is 23.0. The third kappa shape index (κ3) is 6.18. The Morgan fingerprint density at radius 2 is 2.00 bits per heavy atom. The van der Waals surface area contributed by atoms with Crippen LogP contribution in [0.2, 0.25) is 5.02 Å². The van der Waals surface area contributed by atoms with E-state index in [-0.39, 0.29) is 16.6 Å². The van der Waals surface area contributed by atoms with Gasteiger partial charge in [0.05, 0.1) is 34.8 Å². The summed E-state index contributed by atoms with van der Waals surface area (Å²) in [7, 11) is 0. The first-order valence-corrected chi connectivity index (χ1v) is 9.92. The molecule has 0 saturated carbocycles. The van der Waals surface area contributed by atoms with Crippen LogP contribution < -0.4 is 10.2 Å². The molecule has 0 aliphatic heterocycles. The summed E-state index contributed by atoms with van der Waals surface area (Å²) in [6.45, 7) is 0.462. The number of rotatable bonds is 7. The molecule has 2 amide bonds. The normalized spacial score (nSPS) is 11.0. The number of carbonyl (C=O) groups excluding carboxylic acids is 2. The highest BCUT2D eigenvalue weighted by molar-refractivity contribution is 6.34. The molecule has 1 aromatic carbocycles. The van der Waals surface area contributed by atoms with Gasteiger partial charge in [0.2, 0.25) is 11.8 Å². The smallest absolute Gasteiger partial charge is 0.256 e. The van der Waals surface area contributed by atoms with Crippen molar-refractivity contribution in [3.8, 4) is 11.3 Å². The number of anilines is 2. The van der Waals surface area contributed by atoms with E-state index in [2.05, 4.69) is 15.3 Å². The zero-order valence-electron chi connectivity index (χ0n) is 17.0. The van der Waals surface area contributed by atoms with Crippen LogP contribution in [0, 0.1) is 0 Å². The lowest BCUT2D eigenvalue weighted by atomic mass is 10.1. The highest BCUT2D eigenvalue weighted by atomic mass is 35.5. The van der Waals surface area contributed by atoms with Gasteiger partial charge in [-0.1, -0.05) is 23.7 Å². The Hall–Kier alpha value is -3.65. The lowest BCUT2D eigenvalue weighted by Crippen LogP contribution is -2.33. The van der Waals surface area contributed by atoms with Crippen LogP contribution in [0.1, 0.15) is 12.5 Å². The first-order chi connectivity index (χ1) is 15.3. The average Bonchev–Trinajstić information content (AvgIpc) is 2.77. The van der Waals surface area contributed by atoms with Gasteiger partial charge in [-0.05, 0) is 42.0 Å². The van der Waals surface area contributed by atoms with Gasteiger partial charge < -0.3 is 10.2 Å². The maximum absolute atomic E-state index is 12.8. The second-order valence-electron chi connectivity index (χ2n) is 6.73. The zero-order chi connectivity index (χ0) is 23.1. The average molecular weight is 457 g/mol. The highest BCUT2D eigenvalue weighted by Crippen LogP contribution is 2.31. The maximum atomic E-state index is 12.8. The minimum atomic E-state index is -2.68. The molecule has 1 N–H and O–H groups in total. The molecule has 0 aliphatic carbocycles. The fourth-order valence-corrected chi connectivity index (χ4v) is 3.17. The first-order valence-electron chi connectivity index (χ1n) is 9.55. The molecule has 9 heteroatoms. The number of hydrogen-bond donors (Lipinski definition) is 1. The van der Waals surface area contributed by atoms with E-state index in [1.165, 1.54) is 25.3 Å². The quantitative estimate of drug-likeness (QED) is 0.504. The van der Waals surface area contributed by atoms with Crippen molar-refractivity contribution >= 4 is 40.9 Å². The van der Waals surface area contributed by atoms with E-state index in [0.29, 0.717) is 16.9 Å². The number of nitrogens with zero attached hydrogens (tertiary/aromatic N) is 3. The molecule has 0 bridgehead atoms. The number of nitrogens with one attached hydrogen (secondary N) is 1. The lowest BCUT2D eigenvalue weighted by Gasteiger charge is -2.22. The second-order valence-corrected chi connectivity index (χ2v) is 7.14. The van der Waals surface area contributed by atoms with Gasteiger partial charge >= 0.3 is 0 Å². The highest BCUT2D eigenvalue weighted by Gasteiger charge is 2.19. The van der Waals surface area contributed by atoms with E-state index in [4.69, 9.17) is 11.6 Å². The molecule has 0 aliphatic rings. The largest absolute Gasteiger partial charge is 0.321 e. The topological polar surface area (TPSA) is 75.2 Å². The van der Waals surface area contributed by atoms with Gasteiger partial charge in [-0.3, -0.25) is 19.6 Å². The molecule has 164 valence electrons. The van der Waals surface area contributed by atoms with Crippen molar-refractivity contribution in [1.82, 2.24) is 9.97 Å². The van der Waals surface area contributed by atoms with Crippen molar-refractivity contribution in [3.63, 3.8) is 0 Å². The summed E-state index contributed by atoms with van der Waals surface area (Å²) in [5.74, 6) is -0.852. The monoisotopic (exact) mass is 456 g/mol. The van der Waals surface area contributed by atoms with Gasteiger partial charge in [-0.2, -0.15) is 0 Å². The Kier molecular flexibility index (Phi) is 7.62. The Morgan fingerprint density at radius 1 is 1.19 bits per heavy atom. The van der Waals surface area contributed by atoms with Gasteiger partial charge in [-0.15, -0.1) is 0 Å². The van der Waals surface area contributed by atoms with Crippen molar-refractivity contribution in [2.24, 2.45) is 0 Å². The molecule has 3 rings (SSSR count). The van der Waals surface area contributed by atoms with Crippen LogP contribution in [0.3, 0.4) is 0 Å². The van der Waals surface area contributed by atoms with Gasteiger partial charge in [0, 0.05) is 31.0 Å². The molecule has 2 aromatic heterocycles. The van der Waals surface area contributed by atoms with Crippen molar-refractivity contribution < 1.29 is 18.4 Å². The standard InChI is InChI=1S/C23H19ClF2N4O2/c1-15(31)30(14-22(25)26)21-8-5-17(11-19(21)24)20-7-6-18(13-28-20)29-23(32)9-4-16-3-2-10-27-12-16/h2-13,22H,14H2,1H3,(H,29,32)/b9-4+. The number of aromatic nitrogens is 2. The van der Waals surface area contributed by atoms with E-state index in [9.17, 15) is 18.4 Å². The fourth-order valence-electron chi connectivity index (χ4n) is 2.89. The van der Waals surface area contributed by atoms with E-state index in [1.54, 1.807) is 48.8 Å². The summed E-state index contributed by atoms with van der Waals surface area (Å²) in [6, 6.07) is 11.7. The van der Waals surface area contributed by atoms with Crippen LogP contribution in [0.15, 0.2) is 67.1 Å². The number of carbonyl (C=O) groups is 2. The molecule has 32 heavy (non-hydrogen) atoms. The summed E-state index contributed by atoms with van der Waals surface area (Å²) < 4.78 is 25.6. The summed E-state index contributed by atoms with van der Waals surface area (Å²) >= 11 is 6.25. The Balaban J connectivity index is 1.70. The van der Waals surface area contributed by atoms with Crippen LogP contribution in [-0.4, -0.2) is 34.8 Å². The number of alkyl halides is 2. The molecule has 3 aromatic rings. The van der Waals surface area contributed by atoms with Crippen LogP contribution in [0.4, 0.5) is 20.2 Å². The Morgan fingerprint density at radius 3 is 2.59 bits per heavy atom. The van der Waals surface area contributed by atoms with Crippen LogP contribution in [0.25, 0.3) is 17.3 Å². The lowest BCUT2D eigenvalue weighted by molar-refractivity contribution is -0.117. The van der Waals surface area contributed by atoms with E-state index in [0.717, 1.165) is 10.5 Å². The maximum Gasteiger partial charge on any atom is 0.256 e. The molecule has 2 heterocycles. The second kappa shape index (κ2) is 10.6. The van der Waals surface area contributed by atoms with Gasteiger partial charge in [-0.25, -0.2) is 8.78 Å². The van der Waals surface area contributed by atoms with Crippen molar-refractivity contribution in [3.05, 3.63) is 77.7 Å². The van der Waals surface area contributed by atoms with E-state index >= 15 is 0 Å². The predicted octanol–water partition coefficient (Wildman–Crippen LogP) is 5.07. The molecular weight excluding hydrogens is 438 g/mol. The summed E-state index contributed by atoms with van der Waals surface area (Å²) in [6.07, 6.45) is 5.13. The number of benzene rings is 1. The summed E-state index contributed by atoms with van der Waals surface area (Å²) in [5.41, 5.74) is 2.69. The van der Waals surface area contributed by atoms with Crippen molar-refractivity contribution in [1.29, 1.82) is 0 Å². The number of halogens is 3. The molecule has 0 spiro atoms. The molecule has 0 atom stereocenters. The molecular formula is C23H19ClF2N4O2. The molecule has 0 radical (unpaired) electrons. The van der Waals surface area contributed by atoms with Crippen molar-refractivity contribution in [2.75, 3.05) is 16.8 Å². The fraction of sp³-hybridized carbons (Fsp3) is 0.130. The molecule has 0 unspecified atom stereocenters. The third-order valence-electron chi connectivity index (χ3n) is 4.38. The minimum Gasteiger partial charge on any atom is -0.321 e. The van der Waals surface area contributed by atoms with Gasteiger partial charge in [0.25, 0.3) is 6.43 Å². The number of pyridine rings is 2. The Bertz CT molecular complexity index is 1120. The number of amides is 2. The van der Waals surface area contributed by atoms with Crippen LogP contribution in [-0.2, 0) is 9.59 Å². The molecule has 0 saturated heterocycles. The molecule has 0 fully saturated rings. The van der Waals surface area contributed by atoms with E-state index < -0.39 is 18.9 Å². The SMILES string of the molecule is CC(=O)N(CC(F)F)c1ccc(-c2ccc(NC(=O)/C=C/c3cccnc3)cn2)cc1Cl. The van der Waals surface area contributed by atoms with Gasteiger partial charge in [0.15, 0.2) is 0 Å². The van der Waals surface area contributed by atoms with Crippen LogP contribution >= 0.6 is 11.6 Å². The predicted molar refractivity (Wildman–Crippen MR) is 121 cm³/mol. The van der Waals surface area contributed by atoms with Crippen LogP contribution in [0.5, 0.6) is 0 Å². The van der Waals surface area contributed by atoms with Crippen molar-refractivity contribution in [2.45, 2.75) is 13.3 Å². The summed E-state index contributed by atoms with van der Waals surface area (Å²) in [5, 5.41) is 2.86. The summed E-state index contributed by atoms with van der Waals surface area (Å²) in [4.78, 5) is 33.0. The third-order valence-corrected chi connectivity index (χ3v) is 4.68. The van der Waals surface area contributed by atoms with Gasteiger partial charge in [0.1, 0.15) is 0 Å². The van der Waals surface area contributed by atoms with E-state index in [1.807, 2.05) is 6.07 Å². The molecule has 6 nitrogen and oxygen atoms in total. The zero-order valence-corrected chi connectivity index (χ0v) is 17.8. The Labute approximate surface area is 188 Å². The minimum absolute atomic E-state index is 0.151.